The van der Waals surface area contributed by atoms with Crippen molar-refractivity contribution in [1.82, 2.24) is 19.6 Å². The second-order valence-electron chi connectivity index (χ2n) is 7.82. The molecule has 0 radical (unpaired) electrons. The Morgan fingerprint density at radius 2 is 1.71 bits per heavy atom. The van der Waals surface area contributed by atoms with Gasteiger partial charge in [0, 0.05) is 23.4 Å². The molecule has 1 atom stereocenters. The quantitative estimate of drug-likeness (QED) is 0.744. The van der Waals surface area contributed by atoms with Gasteiger partial charge >= 0.3 is 0 Å². The maximum Gasteiger partial charge on any atom is 0.211 e. The van der Waals surface area contributed by atoms with Crippen LogP contribution in [0.3, 0.4) is 0 Å². The minimum Gasteiger partial charge on any atom is -0.267 e. The van der Waals surface area contributed by atoms with Crippen molar-refractivity contribution >= 4 is 0 Å². The van der Waals surface area contributed by atoms with Crippen molar-refractivity contribution in [1.29, 1.82) is 0 Å². The van der Waals surface area contributed by atoms with Crippen LogP contribution >= 0.6 is 0 Å². The Hall–Kier alpha value is -1.72. The number of halogens is 2. The van der Waals surface area contributed by atoms with Gasteiger partial charge in [-0.25, -0.2) is 9.07 Å². The fraction of sp³-hybridized carbons (Fsp3) is 0.667. The highest BCUT2D eigenvalue weighted by molar-refractivity contribution is 5.14. The van der Waals surface area contributed by atoms with Crippen molar-refractivity contribution < 1.29 is 8.78 Å². The van der Waals surface area contributed by atoms with E-state index in [9.17, 15) is 8.78 Å². The molecule has 0 aromatic carbocycles. The summed E-state index contributed by atoms with van der Waals surface area (Å²) in [5.74, 6) is -0.556. The first-order chi connectivity index (χ1) is 11.0. The smallest absolute Gasteiger partial charge is 0.211 e. The molecular weight excluding hydrogens is 310 g/mol. The third-order valence-electron chi connectivity index (χ3n) is 4.39. The van der Waals surface area contributed by atoms with Gasteiger partial charge in [-0.15, -0.1) is 0 Å². The normalized spacial score (nSPS) is 14.0. The van der Waals surface area contributed by atoms with Gasteiger partial charge < -0.3 is 0 Å². The molecule has 0 saturated carbocycles. The number of aromatic nitrogens is 4. The highest BCUT2D eigenvalue weighted by atomic mass is 19.1. The summed E-state index contributed by atoms with van der Waals surface area (Å²) in [6.45, 7) is 13.7. The molecule has 1 unspecified atom stereocenters. The molecule has 0 aliphatic carbocycles. The first-order valence-electron chi connectivity index (χ1n) is 8.53. The Balaban J connectivity index is 2.22. The zero-order chi connectivity index (χ0) is 18.2. The van der Waals surface area contributed by atoms with Crippen LogP contribution in [-0.2, 0) is 5.41 Å². The van der Waals surface area contributed by atoms with Crippen molar-refractivity contribution in [2.45, 2.75) is 78.3 Å². The maximum atomic E-state index is 14.0. The molecule has 0 bridgehead atoms. The van der Waals surface area contributed by atoms with E-state index in [2.05, 4.69) is 10.2 Å². The van der Waals surface area contributed by atoms with Crippen molar-refractivity contribution in [3.8, 4) is 0 Å². The van der Waals surface area contributed by atoms with Crippen LogP contribution in [0.2, 0.25) is 0 Å². The standard InChI is InChI=1S/C18H28F2N4/c1-11(2)17-14(19)10-23(22-17)13(5)9-18(6,7)15-8-16(20)24(21-15)12(3)4/h8,10-13H,9H2,1-7H3. The van der Waals surface area contributed by atoms with Gasteiger partial charge in [-0.1, -0.05) is 27.7 Å². The van der Waals surface area contributed by atoms with Gasteiger partial charge in [-0.3, -0.25) is 4.68 Å². The van der Waals surface area contributed by atoms with Gasteiger partial charge in [0.1, 0.15) is 5.69 Å². The fourth-order valence-corrected chi connectivity index (χ4v) is 3.00. The molecule has 2 aromatic rings. The summed E-state index contributed by atoms with van der Waals surface area (Å²) in [6, 6.07) is 1.45. The van der Waals surface area contributed by atoms with Gasteiger partial charge in [-0.05, 0) is 27.2 Å². The molecule has 0 saturated heterocycles. The van der Waals surface area contributed by atoms with Crippen LogP contribution in [-0.4, -0.2) is 19.6 Å². The predicted octanol–water partition coefficient (Wildman–Crippen LogP) is 4.99. The molecule has 6 heteroatoms. The van der Waals surface area contributed by atoms with E-state index < -0.39 is 0 Å². The monoisotopic (exact) mass is 338 g/mol. The molecule has 4 nitrogen and oxygen atoms in total. The average molecular weight is 338 g/mol. The lowest BCUT2D eigenvalue weighted by molar-refractivity contribution is 0.340. The third kappa shape index (κ3) is 3.68. The Labute approximate surface area is 142 Å². The van der Waals surface area contributed by atoms with Crippen molar-refractivity contribution in [3.05, 3.63) is 35.4 Å². The van der Waals surface area contributed by atoms with E-state index in [1.807, 2.05) is 48.5 Å². The summed E-state index contributed by atoms with van der Waals surface area (Å²) in [5, 5.41) is 8.80. The Kier molecular flexibility index (Phi) is 5.16. The van der Waals surface area contributed by atoms with Crippen LogP contribution in [0.4, 0.5) is 8.78 Å². The van der Waals surface area contributed by atoms with E-state index in [1.54, 1.807) is 4.68 Å². The highest BCUT2D eigenvalue weighted by Gasteiger charge is 2.29. The zero-order valence-electron chi connectivity index (χ0n) is 15.6. The second kappa shape index (κ2) is 6.65. The first kappa shape index (κ1) is 18.6. The topological polar surface area (TPSA) is 35.6 Å². The minimum atomic E-state index is -0.346. The second-order valence-corrected chi connectivity index (χ2v) is 7.82. The molecule has 24 heavy (non-hydrogen) atoms. The molecule has 2 aromatic heterocycles. The van der Waals surface area contributed by atoms with Crippen LogP contribution in [0, 0.1) is 11.8 Å². The van der Waals surface area contributed by atoms with Crippen molar-refractivity contribution in [3.63, 3.8) is 0 Å². The lowest BCUT2D eigenvalue weighted by Crippen LogP contribution is -2.24. The SMILES string of the molecule is CC(C)c1nn(C(C)CC(C)(C)c2cc(F)n(C(C)C)n2)cc1F. The summed E-state index contributed by atoms with van der Waals surface area (Å²) >= 11 is 0. The third-order valence-corrected chi connectivity index (χ3v) is 4.39. The molecule has 0 N–H and O–H groups in total. The molecule has 0 spiro atoms. The average Bonchev–Trinajstić information content (AvgIpc) is 3.02. The van der Waals surface area contributed by atoms with Gasteiger partial charge in [0.25, 0.3) is 0 Å². The molecule has 0 fully saturated rings. The van der Waals surface area contributed by atoms with Crippen LogP contribution in [0.1, 0.15) is 84.3 Å². The molecule has 134 valence electrons. The maximum absolute atomic E-state index is 14.0. The summed E-state index contributed by atoms with van der Waals surface area (Å²) in [7, 11) is 0. The highest BCUT2D eigenvalue weighted by Crippen LogP contribution is 2.32. The molecule has 0 aliphatic rings. The first-order valence-corrected chi connectivity index (χ1v) is 8.53. The van der Waals surface area contributed by atoms with E-state index in [1.165, 1.54) is 16.9 Å². The summed E-state index contributed by atoms with van der Waals surface area (Å²) in [4.78, 5) is 0. The van der Waals surface area contributed by atoms with Crippen molar-refractivity contribution in [2.75, 3.05) is 0 Å². The van der Waals surface area contributed by atoms with E-state index in [4.69, 9.17) is 0 Å². The minimum absolute atomic E-state index is 0.0192. The van der Waals surface area contributed by atoms with Crippen LogP contribution in [0.25, 0.3) is 0 Å². The van der Waals surface area contributed by atoms with Gasteiger partial charge in [0.2, 0.25) is 5.95 Å². The Bertz CT molecular complexity index is 698. The van der Waals surface area contributed by atoms with Crippen LogP contribution in [0.5, 0.6) is 0 Å². The van der Waals surface area contributed by atoms with Gasteiger partial charge in [0.05, 0.1) is 17.9 Å². The number of hydrogen-bond acceptors (Lipinski definition) is 2. The Morgan fingerprint density at radius 3 is 2.17 bits per heavy atom. The molecule has 0 aliphatic heterocycles. The molecule has 2 rings (SSSR count). The molecule has 0 amide bonds. The van der Waals surface area contributed by atoms with E-state index in [0.717, 1.165) is 0 Å². The van der Waals surface area contributed by atoms with E-state index in [-0.39, 0.29) is 35.2 Å². The zero-order valence-corrected chi connectivity index (χ0v) is 15.6. The van der Waals surface area contributed by atoms with Crippen molar-refractivity contribution in [2.24, 2.45) is 0 Å². The van der Waals surface area contributed by atoms with Gasteiger partial charge in [0.15, 0.2) is 5.82 Å². The molecular formula is C18H28F2N4. The number of hydrogen-bond donors (Lipinski definition) is 0. The Morgan fingerprint density at radius 1 is 1.08 bits per heavy atom. The summed E-state index contributed by atoms with van der Waals surface area (Å²) < 4.78 is 31.1. The lowest BCUT2D eigenvalue weighted by Gasteiger charge is -2.26. The van der Waals surface area contributed by atoms with Gasteiger partial charge in [-0.2, -0.15) is 14.6 Å². The molecule has 2 heterocycles. The fourth-order valence-electron chi connectivity index (χ4n) is 3.00. The summed E-state index contributed by atoms with van der Waals surface area (Å²) in [6.07, 6.45) is 2.13. The summed E-state index contributed by atoms with van der Waals surface area (Å²) in [5.41, 5.74) is 0.841. The largest absolute Gasteiger partial charge is 0.267 e. The van der Waals surface area contributed by atoms with Crippen LogP contribution < -0.4 is 0 Å². The van der Waals surface area contributed by atoms with E-state index in [0.29, 0.717) is 17.8 Å². The lowest BCUT2D eigenvalue weighted by atomic mass is 9.83. The number of nitrogens with zero attached hydrogens (tertiary/aromatic N) is 4. The van der Waals surface area contributed by atoms with Crippen LogP contribution in [0.15, 0.2) is 12.3 Å². The number of rotatable bonds is 6. The predicted molar refractivity (Wildman–Crippen MR) is 91.2 cm³/mol. The van der Waals surface area contributed by atoms with E-state index >= 15 is 0 Å².